The molecule has 0 radical (unpaired) electrons. The normalized spacial score (nSPS) is 11.0. The van der Waals surface area contributed by atoms with E-state index in [4.69, 9.17) is 0 Å². The van der Waals surface area contributed by atoms with Gasteiger partial charge in [-0.1, -0.05) is 0 Å². The summed E-state index contributed by atoms with van der Waals surface area (Å²) in [6.45, 7) is 4.22. The second-order valence-corrected chi connectivity index (χ2v) is 5.68. The Bertz CT molecular complexity index is 451. The molecule has 2 nitrogen and oxygen atoms in total. The molecule has 86 valence electrons. The molecule has 0 fully saturated rings. The second-order valence-electron chi connectivity index (χ2n) is 3.75. The number of aliphatic hydroxyl groups is 2. The molecule has 0 unspecified atom stereocenters. The van der Waals surface area contributed by atoms with Gasteiger partial charge in [0.15, 0.2) is 0 Å². The fraction of sp³-hybridized carbons (Fsp3) is 0.333. The molecule has 16 heavy (non-hydrogen) atoms. The summed E-state index contributed by atoms with van der Waals surface area (Å²) in [5, 5.41) is 22.8. The van der Waals surface area contributed by atoms with E-state index in [2.05, 4.69) is 10.8 Å². The SMILES string of the molecule is Cc1csc(CO)c1-c1c(C)csc1CO. The number of hydrogen-bond acceptors (Lipinski definition) is 4. The van der Waals surface area contributed by atoms with Crippen LogP contribution in [0.25, 0.3) is 11.1 Å². The lowest BCUT2D eigenvalue weighted by Crippen LogP contribution is -1.90. The van der Waals surface area contributed by atoms with Crippen LogP contribution >= 0.6 is 22.7 Å². The van der Waals surface area contributed by atoms with E-state index in [-0.39, 0.29) is 13.2 Å². The van der Waals surface area contributed by atoms with Gasteiger partial charge in [-0.25, -0.2) is 0 Å². The average Bonchev–Trinajstić information content (AvgIpc) is 2.81. The highest BCUT2D eigenvalue weighted by molar-refractivity contribution is 7.11. The molecule has 2 heterocycles. The van der Waals surface area contributed by atoms with E-state index in [9.17, 15) is 10.2 Å². The van der Waals surface area contributed by atoms with Gasteiger partial charge in [0.2, 0.25) is 0 Å². The molecule has 0 aromatic carbocycles. The standard InChI is InChI=1S/C12H14O2S2/c1-7-5-15-9(3-13)11(7)12-8(2)6-16-10(12)4-14/h5-6,13-14H,3-4H2,1-2H3. The lowest BCUT2D eigenvalue weighted by molar-refractivity contribution is 0.284. The fourth-order valence-corrected chi connectivity index (χ4v) is 3.69. The average molecular weight is 254 g/mol. The van der Waals surface area contributed by atoms with Gasteiger partial charge in [-0.05, 0) is 35.7 Å². The van der Waals surface area contributed by atoms with Crippen LogP contribution < -0.4 is 0 Å². The van der Waals surface area contributed by atoms with Crippen molar-refractivity contribution in [1.29, 1.82) is 0 Å². The molecule has 2 aromatic rings. The molecular weight excluding hydrogens is 240 g/mol. The van der Waals surface area contributed by atoms with Crippen molar-refractivity contribution in [3.05, 3.63) is 31.6 Å². The van der Waals surface area contributed by atoms with E-state index >= 15 is 0 Å². The van der Waals surface area contributed by atoms with Crippen LogP contribution in [-0.4, -0.2) is 10.2 Å². The van der Waals surface area contributed by atoms with Gasteiger partial charge in [0, 0.05) is 20.9 Å². The molecule has 0 aliphatic rings. The monoisotopic (exact) mass is 254 g/mol. The maximum atomic E-state index is 9.34. The van der Waals surface area contributed by atoms with Crippen LogP contribution in [0, 0.1) is 13.8 Å². The second kappa shape index (κ2) is 4.67. The van der Waals surface area contributed by atoms with Gasteiger partial charge in [-0.3, -0.25) is 0 Å². The van der Waals surface area contributed by atoms with Crippen LogP contribution in [0.2, 0.25) is 0 Å². The Labute approximate surface area is 103 Å². The minimum atomic E-state index is 0.0635. The lowest BCUT2D eigenvalue weighted by Gasteiger charge is -2.06. The molecule has 4 heteroatoms. The zero-order chi connectivity index (χ0) is 11.7. The largest absolute Gasteiger partial charge is 0.391 e. The summed E-state index contributed by atoms with van der Waals surface area (Å²) in [4.78, 5) is 1.96. The molecule has 2 aromatic heterocycles. The molecule has 0 aliphatic heterocycles. The Morgan fingerprint density at radius 3 is 1.56 bits per heavy atom. The van der Waals surface area contributed by atoms with Gasteiger partial charge in [0.05, 0.1) is 13.2 Å². The number of aliphatic hydroxyl groups excluding tert-OH is 2. The van der Waals surface area contributed by atoms with E-state index in [0.29, 0.717) is 0 Å². The third-order valence-corrected chi connectivity index (χ3v) is 4.82. The summed E-state index contributed by atoms with van der Waals surface area (Å²) in [5.74, 6) is 0. The van der Waals surface area contributed by atoms with Crippen molar-refractivity contribution in [2.24, 2.45) is 0 Å². The third kappa shape index (κ3) is 1.82. The third-order valence-electron chi connectivity index (χ3n) is 2.64. The predicted molar refractivity (Wildman–Crippen MR) is 69.0 cm³/mol. The molecule has 0 aliphatic carbocycles. The quantitative estimate of drug-likeness (QED) is 0.883. The van der Waals surface area contributed by atoms with Crippen LogP contribution in [0.5, 0.6) is 0 Å². The van der Waals surface area contributed by atoms with Gasteiger partial charge in [-0.2, -0.15) is 0 Å². The fourth-order valence-electron chi connectivity index (χ4n) is 1.90. The molecule has 2 rings (SSSR count). The van der Waals surface area contributed by atoms with Crippen LogP contribution in [0.15, 0.2) is 10.8 Å². The number of rotatable bonds is 3. The van der Waals surface area contributed by atoms with Crippen LogP contribution in [0.1, 0.15) is 20.9 Å². The first-order chi connectivity index (χ1) is 7.69. The van der Waals surface area contributed by atoms with Gasteiger partial charge >= 0.3 is 0 Å². The van der Waals surface area contributed by atoms with E-state index in [1.54, 1.807) is 22.7 Å². The van der Waals surface area contributed by atoms with Gasteiger partial charge < -0.3 is 10.2 Å². The van der Waals surface area contributed by atoms with Crippen molar-refractivity contribution < 1.29 is 10.2 Å². The highest BCUT2D eigenvalue weighted by atomic mass is 32.1. The minimum Gasteiger partial charge on any atom is -0.391 e. The first-order valence-corrected chi connectivity index (χ1v) is 6.81. The Morgan fingerprint density at radius 2 is 1.25 bits per heavy atom. The number of thiophene rings is 2. The zero-order valence-corrected chi connectivity index (χ0v) is 10.9. The molecule has 0 saturated heterocycles. The van der Waals surface area contributed by atoms with Gasteiger partial charge in [0.1, 0.15) is 0 Å². The smallest absolute Gasteiger partial charge is 0.0780 e. The molecule has 0 amide bonds. The summed E-state index contributed by atoms with van der Waals surface area (Å²) < 4.78 is 0. The van der Waals surface area contributed by atoms with E-state index in [0.717, 1.165) is 20.9 Å². The number of hydrogen-bond donors (Lipinski definition) is 2. The van der Waals surface area contributed by atoms with E-state index < -0.39 is 0 Å². The maximum absolute atomic E-state index is 9.34. The predicted octanol–water partition coefficient (Wildman–Crippen LogP) is 3.08. The molecule has 0 saturated carbocycles. The molecule has 0 spiro atoms. The molecule has 0 atom stereocenters. The Morgan fingerprint density at radius 1 is 0.875 bits per heavy atom. The summed E-state index contributed by atoms with van der Waals surface area (Å²) in [6.07, 6.45) is 0. The number of aryl methyl sites for hydroxylation is 2. The van der Waals surface area contributed by atoms with Crippen molar-refractivity contribution in [2.45, 2.75) is 27.1 Å². The first-order valence-electron chi connectivity index (χ1n) is 5.05. The topological polar surface area (TPSA) is 40.5 Å². The zero-order valence-electron chi connectivity index (χ0n) is 9.28. The van der Waals surface area contributed by atoms with Crippen LogP contribution in [0.3, 0.4) is 0 Å². The van der Waals surface area contributed by atoms with Crippen molar-refractivity contribution >= 4 is 22.7 Å². The summed E-state index contributed by atoms with van der Waals surface area (Å²) in [6, 6.07) is 0. The van der Waals surface area contributed by atoms with Crippen molar-refractivity contribution in [1.82, 2.24) is 0 Å². The Hall–Kier alpha value is -0.680. The highest BCUT2D eigenvalue weighted by Gasteiger charge is 2.17. The van der Waals surface area contributed by atoms with Gasteiger partial charge in [-0.15, -0.1) is 22.7 Å². The van der Waals surface area contributed by atoms with Crippen molar-refractivity contribution in [3.8, 4) is 11.1 Å². The highest BCUT2D eigenvalue weighted by Crippen LogP contribution is 2.39. The summed E-state index contributed by atoms with van der Waals surface area (Å²) in [7, 11) is 0. The van der Waals surface area contributed by atoms with Gasteiger partial charge in [0.25, 0.3) is 0 Å². The summed E-state index contributed by atoms with van der Waals surface area (Å²) >= 11 is 3.15. The van der Waals surface area contributed by atoms with E-state index in [1.807, 2.05) is 13.8 Å². The Balaban J connectivity index is 2.65. The first kappa shape index (κ1) is 11.8. The molecular formula is C12H14O2S2. The lowest BCUT2D eigenvalue weighted by atomic mass is 10.00. The molecule has 2 N–H and O–H groups in total. The van der Waals surface area contributed by atoms with E-state index in [1.165, 1.54) is 11.1 Å². The summed E-state index contributed by atoms with van der Waals surface area (Å²) in [5.41, 5.74) is 4.56. The van der Waals surface area contributed by atoms with Crippen LogP contribution in [-0.2, 0) is 13.2 Å². The van der Waals surface area contributed by atoms with Crippen molar-refractivity contribution in [3.63, 3.8) is 0 Å². The van der Waals surface area contributed by atoms with Crippen molar-refractivity contribution in [2.75, 3.05) is 0 Å². The minimum absolute atomic E-state index is 0.0635. The Kier molecular flexibility index (Phi) is 3.44. The van der Waals surface area contributed by atoms with Crippen LogP contribution in [0.4, 0.5) is 0 Å². The molecule has 0 bridgehead atoms. The maximum Gasteiger partial charge on any atom is 0.0780 e.